The van der Waals surface area contributed by atoms with Crippen molar-refractivity contribution in [2.45, 2.75) is 23.5 Å². The second kappa shape index (κ2) is 6.28. The summed E-state index contributed by atoms with van der Waals surface area (Å²) in [6.45, 7) is 3.18. The van der Waals surface area contributed by atoms with Crippen molar-refractivity contribution in [1.82, 2.24) is 4.90 Å². The summed E-state index contributed by atoms with van der Waals surface area (Å²) >= 11 is 1.46. The third-order valence-electron chi connectivity index (χ3n) is 5.58. The minimum atomic E-state index is -0.915. The van der Waals surface area contributed by atoms with Crippen LogP contribution in [0.5, 0.6) is 0 Å². The highest BCUT2D eigenvalue weighted by Gasteiger charge is 2.55. The maximum atomic E-state index is 13.0. The van der Waals surface area contributed by atoms with Crippen molar-refractivity contribution in [1.29, 1.82) is 0 Å². The van der Waals surface area contributed by atoms with Crippen LogP contribution in [-0.2, 0) is 14.3 Å². The Balaban J connectivity index is 1.58. The summed E-state index contributed by atoms with van der Waals surface area (Å²) in [4.78, 5) is 39.2. The molecular weight excluding hydrogens is 356 g/mol. The number of rotatable bonds is 2. The van der Waals surface area contributed by atoms with Crippen LogP contribution in [0.3, 0.4) is 0 Å². The van der Waals surface area contributed by atoms with Crippen LogP contribution in [0.2, 0.25) is 0 Å². The van der Waals surface area contributed by atoms with Crippen molar-refractivity contribution in [2.75, 3.05) is 31.6 Å². The van der Waals surface area contributed by atoms with Crippen molar-refractivity contribution < 1.29 is 24.2 Å². The van der Waals surface area contributed by atoms with Gasteiger partial charge < -0.3 is 20.1 Å². The molecular formula is C18H20N2O5S. The van der Waals surface area contributed by atoms with E-state index in [-0.39, 0.29) is 29.5 Å². The quantitative estimate of drug-likeness (QED) is 0.815. The molecule has 0 radical (unpaired) electrons. The number of nitrogens with one attached hydrogen (secondary N) is 1. The first kappa shape index (κ1) is 17.4. The van der Waals surface area contributed by atoms with E-state index in [0.29, 0.717) is 37.4 Å². The van der Waals surface area contributed by atoms with Gasteiger partial charge in [-0.1, -0.05) is 0 Å². The van der Waals surface area contributed by atoms with Crippen LogP contribution in [-0.4, -0.2) is 59.3 Å². The van der Waals surface area contributed by atoms with Crippen molar-refractivity contribution in [3.8, 4) is 0 Å². The molecule has 1 aromatic carbocycles. The molecule has 0 aliphatic carbocycles. The molecule has 0 aromatic heterocycles. The van der Waals surface area contributed by atoms with Crippen LogP contribution in [0.15, 0.2) is 23.1 Å². The average molecular weight is 376 g/mol. The van der Waals surface area contributed by atoms with Gasteiger partial charge in [-0.3, -0.25) is 14.4 Å². The molecule has 138 valence electrons. The number of benzene rings is 1. The Labute approximate surface area is 155 Å². The van der Waals surface area contributed by atoms with Crippen molar-refractivity contribution in [2.24, 2.45) is 11.3 Å². The molecule has 0 spiro atoms. The number of carbonyl (C=O) groups is 3. The molecule has 7 nitrogen and oxygen atoms in total. The highest BCUT2D eigenvalue weighted by Crippen LogP contribution is 2.43. The number of anilines is 1. The molecule has 2 fully saturated rings. The summed E-state index contributed by atoms with van der Waals surface area (Å²) < 4.78 is 5.44. The van der Waals surface area contributed by atoms with Gasteiger partial charge in [-0.05, 0) is 31.5 Å². The zero-order chi connectivity index (χ0) is 18.5. The Hall–Kier alpha value is -2.06. The standard InChI is InChI=1S/C18H20N2O5S/c1-10-15(21)19-13-6-11(2-3-14(13)26-10)16(22)20-7-12-8-25-5-4-18(12,9-20)17(23)24/h2-3,6,10,12H,4-5,7-9H2,1H3,(H,19,21)(H,23,24)/t10?,12-,18+/m0/s1. The second-order valence-electron chi connectivity index (χ2n) is 7.13. The fourth-order valence-corrected chi connectivity index (χ4v) is 4.91. The monoisotopic (exact) mass is 376 g/mol. The summed E-state index contributed by atoms with van der Waals surface area (Å²) in [5, 5.41) is 12.4. The summed E-state index contributed by atoms with van der Waals surface area (Å²) in [6.07, 6.45) is 0.422. The van der Waals surface area contributed by atoms with E-state index in [9.17, 15) is 19.5 Å². The number of hydrogen-bond acceptors (Lipinski definition) is 5. The van der Waals surface area contributed by atoms with E-state index < -0.39 is 11.4 Å². The summed E-state index contributed by atoms with van der Waals surface area (Å²) in [5.74, 6) is -1.34. The Morgan fingerprint density at radius 2 is 2.23 bits per heavy atom. The smallest absolute Gasteiger partial charge is 0.311 e. The van der Waals surface area contributed by atoms with Crippen LogP contribution in [0, 0.1) is 11.3 Å². The maximum absolute atomic E-state index is 13.0. The third kappa shape index (κ3) is 2.68. The lowest BCUT2D eigenvalue weighted by atomic mass is 9.74. The van der Waals surface area contributed by atoms with Crippen molar-refractivity contribution in [3.63, 3.8) is 0 Å². The largest absolute Gasteiger partial charge is 0.481 e. The SMILES string of the molecule is CC1Sc2ccc(C(=O)N3C[C@H]4COCC[C@@]4(C(=O)O)C3)cc2NC1=O. The van der Waals surface area contributed by atoms with Crippen LogP contribution >= 0.6 is 11.8 Å². The predicted molar refractivity (Wildman–Crippen MR) is 95.3 cm³/mol. The summed E-state index contributed by atoms with van der Waals surface area (Å²) in [7, 11) is 0. The third-order valence-corrected chi connectivity index (χ3v) is 6.75. The number of hydrogen-bond donors (Lipinski definition) is 2. The number of thioether (sulfide) groups is 1. The number of carbonyl (C=O) groups excluding carboxylic acids is 2. The average Bonchev–Trinajstić information content (AvgIpc) is 3.03. The first-order valence-corrected chi connectivity index (χ1v) is 9.51. The Kier molecular flexibility index (Phi) is 4.19. The zero-order valence-electron chi connectivity index (χ0n) is 14.4. The van der Waals surface area contributed by atoms with Gasteiger partial charge in [-0.25, -0.2) is 0 Å². The van der Waals surface area contributed by atoms with Gasteiger partial charge >= 0.3 is 5.97 Å². The number of carboxylic acids is 1. The van der Waals surface area contributed by atoms with Gasteiger partial charge in [0.05, 0.1) is 23.0 Å². The lowest BCUT2D eigenvalue weighted by molar-refractivity contribution is -0.157. The van der Waals surface area contributed by atoms with Gasteiger partial charge in [0.2, 0.25) is 5.91 Å². The van der Waals surface area contributed by atoms with E-state index in [1.807, 2.05) is 13.0 Å². The molecule has 3 aliphatic heterocycles. The lowest BCUT2D eigenvalue weighted by Gasteiger charge is -2.33. The molecule has 3 aliphatic rings. The molecule has 1 aromatic rings. The fraction of sp³-hybridized carbons (Fsp3) is 0.500. The molecule has 4 rings (SSSR count). The molecule has 2 amide bonds. The zero-order valence-corrected chi connectivity index (χ0v) is 15.2. The minimum absolute atomic E-state index is 0.0822. The topological polar surface area (TPSA) is 95.9 Å². The van der Waals surface area contributed by atoms with Crippen LogP contribution in [0.25, 0.3) is 0 Å². The van der Waals surface area contributed by atoms with E-state index >= 15 is 0 Å². The number of nitrogens with zero attached hydrogens (tertiary/aromatic N) is 1. The number of ether oxygens (including phenoxy) is 1. The van der Waals surface area contributed by atoms with Crippen LogP contribution in [0.4, 0.5) is 5.69 Å². The lowest BCUT2D eigenvalue weighted by Crippen LogP contribution is -2.45. The predicted octanol–water partition coefficient (Wildman–Crippen LogP) is 1.68. The van der Waals surface area contributed by atoms with Gasteiger partial charge in [-0.15, -0.1) is 11.8 Å². The van der Waals surface area contributed by atoms with Gasteiger partial charge in [-0.2, -0.15) is 0 Å². The van der Waals surface area contributed by atoms with E-state index in [1.54, 1.807) is 17.0 Å². The number of fused-ring (bicyclic) bond motifs is 2. The van der Waals surface area contributed by atoms with E-state index in [1.165, 1.54) is 11.8 Å². The molecule has 26 heavy (non-hydrogen) atoms. The number of carboxylic acid groups (broad SMARTS) is 1. The molecule has 1 unspecified atom stereocenters. The number of aliphatic carboxylic acids is 1. The van der Waals surface area contributed by atoms with Crippen molar-refractivity contribution >= 4 is 35.2 Å². The van der Waals surface area contributed by atoms with Gasteiger partial charge in [0.15, 0.2) is 0 Å². The van der Waals surface area contributed by atoms with Gasteiger partial charge in [0, 0.05) is 36.1 Å². The maximum Gasteiger partial charge on any atom is 0.311 e. The minimum Gasteiger partial charge on any atom is -0.481 e. The Morgan fingerprint density at radius 3 is 2.96 bits per heavy atom. The molecule has 3 atom stereocenters. The second-order valence-corrected chi connectivity index (χ2v) is 8.51. The van der Waals surface area contributed by atoms with Crippen molar-refractivity contribution in [3.05, 3.63) is 23.8 Å². The normalized spacial score (nSPS) is 30.3. The van der Waals surface area contributed by atoms with Gasteiger partial charge in [0.1, 0.15) is 0 Å². The van der Waals surface area contributed by atoms with Crippen LogP contribution < -0.4 is 5.32 Å². The Bertz CT molecular complexity index is 798. The molecule has 0 bridgehead atoms. The first-order chi connectivity index (χ1) is 12.4. The molecule has 3 heterocycles. The molecule has 2 saturated heterocycles. The highest BCUT2D eigenvalue weighted by molar-refractivity contribution is 8.00. The van der Waals surface area contributed by atoms with E-state index in [2.05, 4.69) is 5.32 Å². The van der Waals surface area contributed by atoms with Gasteiger partial charge in [0.25, 0.3) is 5.91 Å². The highest BCUT2D eigenvalue weighted by atomic mass is 32.2. The number of amides is 2. The Morgan fingerprint density at radius 1 is 1.42 bits per heavy atom. The van der Waals surface area contributed by atoms with E-state index in [0.717, 1.165) is 4.90 Å². The summed E-state index contributed by atoms with van der Waals surface area (Å²) in [6, 6.07) is 5.26. The fourth-order valence-electron chi connectivity index (χ4n) is 3.98. The van der Waals surface area contributed by atoms with Crippen LogP contribution in [0.1, 0.15) is 23.7 Å². The molecule has 8 heteroatoms. The summed E-state index contributed by atoms with van der Waals surface area (Å²) in [5.41, 5.74) is 0.179. The molecule has 0 saturated carbocycles. The molecule has 2 N–H and O–H groups in total. The van der Waals surface area contributed by atoms with E-state index in [4.69, 9.17) is 4.74 Å². The first-order valence-electron chi connectivity index (χ1n) is 8.63. The number of likely N-dealkylation sites (tertiary alicyclic amines) is 1.